The number of ether oxygens (including phenoxy) is 1. The number of hydrogen-bond acceptors (Lipinski definition) is 3. The second-order valence-corrected chi connectivity index (χ2v) is 5.31. The van der Waals surface area contributed by atoms with Crippen molar-refractivity contribution in [3.63, 3.8) is 0 Å². The van der Waals surface area contributed by atoms with Gasteiger partial charge in [-0.15, -0.1) is 0 Å². The minimum Gasteiger partial charge on any atom is -0.444 e. The number of benzene rings is 2. The number of nitrogens with one attached hydrogen (secondary N) is 1. The second-order valence-electron chi connectivity index (χ2n) is 4.08. The third kappa shape index (κ3) is 3.97. The molecule has 2 rings (SSSR count). The van der Waals surface area contributed by atoms with Crippen molar-refractivity contribution in [1.29, 1.82) is 5.26 Å². The Kier molecular flexibility index (Phi) is 5.20. The molecule has 0 aliphatic rings. The molecule has 0 radical (unpaired) electrons. The highest BCUT2D eigenvalue weighted by molar-refractivity contribution is 9.10. The zero-order valence-electron chi connectivity index (χ0n) is 10.8. The predicted molar refractivity (Wildman–Crippen MR) is 84.1 cm³/mol. The number of rotatable bonds is 3. The van der Waals surface area contributed by atoms with Crippen molar-refractivity contribution >= 4 is 39.3 Å². The molecule has 0 aliphatic heterocycles. The van der Waals surface area contributed by atoms with Crippen molar-refractivity contribution < 1.29 is 9.53 Å². The van der Waals surface area contributed by atoms with Crippen LogP contribution in [0.4, 0.5) is 10.5 Å². The number of nitriles is 1. The maximum atomic E-state index is 11.8. The fourth-order valence-electron chi connectivity index (χ4n) is 1.63. The van der Waals surface area contributed by atoms with Gasteiger partial charge in [0.2, 0.25) is 0 Å². The molecule has 2 aromatic carbocycles. The summed E-state index contributed by atoms with van der Waals surface area (Å²) in [4.78, 5) is 11.8. The first kappa shape index (κ1) is 15.4. The second kappa shape index (κ2) is 7.11. The Hall–Kier alpha value is -2.03. The van der Waals surface area contributed by atoms with Gasteiger partial charge >= 0.3 is 6.09 Å². The number of carbonyl (C=O) groups is 1. The largest absolute Gasteiger partial charge is 0.444 e. The number of halogens is 2. The summed E-state index contributed by atoms with van der Waals surface area (Å²) in [7, 11) is 0. The highest BCUT2D eigenvalue weighted by atomic mass is 79.9. The minimum absolute atomic E-state index is 0.152. The lowest BCUT2D eigenvalue weighted by atomic mass is 10.2. The van der Waals surface area contributed by atoms with Gasteiger partial charge in [-0.1, -0.05) is 41.9 Å². The number of anilines is 1. The maximum Gasteiger partial charge on any atom is 0.411 e. The van der Waals surface area contributed by atoms with E-state index in [4.69, 9.17) is 21.6 Å². The number of carbonyl (C=O) groups excluding carboxylic acids is 1. The molecule has 2 aromatic rings. The highest BCUT2D eigenvalue weighted by Gasteiger charge is 2.13. The van der Waals surface area contributed by atoms with Gasteiger partial charge in [0.1, 0.15) is 12.7 Å². The minimum atomic E-state index is -0.645. The van der Waals surface area contributed by atoms with Gasteiger partial charge in [0.25, 0.3) is 0 Å². The molecular weight excluding hydrogens is 356 g/mol. The van der Waals surface area contributed by atoms with Crippen molar-refractivity contribution in [3.8, 4) is 6.07 Å². The first-order valence-corrected chi connectivity index (χ1v) is 7.14. The molecule has 4 nitrogen and oxygen atoms in total. The van der Waals surface area contributed by atoms with Crippen molar-refractivity contribution in [1.82, 2.24) is 0 Å². The van der Waals surface area contributed by atoms with Crippen molar-refractivity contribution in [2.75, 3.05) is 5.32 Å². The summed E-state index contributed by atoms with van der Waals surface area (Å²) in [6, 6.07) is 14.5. The average Bonchev–Trinajstić information content (AvgIpc) is 2.50. The number of amides is 1. The normalized spacial score (nSPS) is 9.76. The van der Waals surface area contributed by atoms with Crippen LogP contribution in [0.15, 0.2) is 46.9 Å². The molecule has 1 amide bonds. The zero-order chi connectivity index (χ0) is 15.2. The lowest BCUT2D eigenvalue weighted by Gasteiger charge is -2.10. The lowest BCUT2D eigenvalue weighted by Crippen LogP contribution is -2.14. The van der Waals surface area contributed by atoms with Gasteiger partial charge in [-0.2, -0.15) is 5.26 Å². The Morgan fingerprint density at radius 2 is 2.00 bits per heavy atom. The van der Waals surface area contributed by atoms with E-state index in [0.29, 0.717) is 10.2 Å². The SMILES string of the molecule is N#Cc1c(NC(=O)OCc2ccccc2)ccc(Br)c1Cl. The van der Waals surface area contributed by atoms with Crippen LogP contribution in [0.1, 0.15) is 11.1 Å². The van der Waals surface area contributed by atoms with E-state index in [1.54, 1.807) is 12.1 Å². The zero-order valence-corrected chi connectivity index (χ0v) is 13.1. The van der Waals surface area contributed by atoms with E-state index in [1.807, 2.05) is 36.4 Å². The molecular formula is C15H10BrClN2O2. The Morgan fingerprint density at radius 1 is 1.29 bits per heavy atom. The average molecular weight is 366 g/mol. The molecule has 0 saturated carbocycles. The van der Waals surface area contributed by atoms with Crippen LogP contribution in [0.5, 0.6) is 0 Å². The van der Waals surface area contributed by atoms with Gasteiger partial charge in [0, 0.05) is 4.47 Å². The lowest BCUT2D eigenvalue weighted by molar-refractivity contribution is 0.155. The summed E-state index contributed by atoms with van der Waals surface area (Å²) in [6.07, 6.45) is -0.645. The van der Waals surface area contributed by atoms with Crippen LogP contribution in [-0.2, 0) is 11.3 Å². The maximum absolute atomic E-state index is 11.8. The van der Waals surface area contributed by atoms with Gasteiger partial charge in [-0.3, -0.25) is 5.32 Å². The van der Waals surface area contributed by atoms with E-state index in [1.165, 1.54) is 0 Å². The van der Waals surface area contributed by atoms with Crippen molar-refractivity contribution in [2.45, 2.75) is 6.61 Å². The van der Waals surface area contributed by atoms with Crippen LogP contribution in [0.2, 0.25) is 5.02 Å². The first-order chi connectivity index (χ1) is 10.1. The van der Waals surface area contributed by atoms with E-state index in [9.17, 15) is 4.79 Å². The monoisotopic (exact) mass is 364 g/mol. The molecule has 0 bridgehead atoms. The summed E-state index contributed by atoms with van der Waals surface area (Å²) in [5.74, 6) is 0. The van der Waals surface area contributed by atoms with Crippen molar-refractivity contribution in [2.24, 2.45) is 0 Å². The third-order valence-electron chi connectivity index (χ3n) is 2.66. The molecule has 0 spiro atoms. The van der Waals surface area contributed by atoms with Crippen LogP contribution < -0.4 is 5.32 Å². The molecule has 106 valence electrons. The van der Waals surface area contributed by atoms with Crippen LogP contribution >= 0.6 is 27.5 Å². The van der Waals surface area contributed by atoms with Crippen LogP contribution in [-0.4, -0.2) is 6.09 Å². The van der Waals surface area contributed by atoms with Crippen molar-refractivity contribution in [3.05, 3.63) is 63.1 Å². The molecule has 0 aromatic heterocycles. The van der Waals surface area contributed by atoms with Crippen LogP contribution in [0.25, 0.3) is 0 Å². The van der Waals surface area contributed by atoms with Crippen LogP contribution in [0.3, 0.4) is 0 Å². The van der Waals surface area contributed by atoms with E-state index in [0.717, 1.165) is 5.56 Å². The first-order valence-electron chi connectivity index (χ1n) is 5.97. The molecule has 6 heteroatoms. The fourth-order valence-corrected chi connectivity index (χ4v) is 2.17. The number of hydrogen-bond donors (Lipinski definition) is 1. The molecule has 0 atom stereocenters. The smallest absolute Gasteiger partial charge is 0.411 e. The summed E-state index contributed by atoms with van der Waals surface area (Å²) in [5.41, 5.74) is 1.37. The molecule has 0 fully saturated rings. The fraction of sp³-hybridized carbons (Fsp3) is 0.0667. The Balaban J connectivity index is 2.04. The van der Waals surface area contributed by atoms with Gasteiger partial charge < -0.3 is 4.74 Å². The Morgan fingerprint density at radius 3 is 2.67 bits per heavy atom. The van der Waals surface area contributed by atoms with E-state index < -0.39 is 6.09 Å². The summed E-state index contributed by atoms with van der Waals surface area (Å²) >= 11 is 9.21. The molecule has 0 aliphatic carbocycles. The topological polar surface area (TPSA) is 62.1 Å². The standard InChI is InChI=1S/C15H10BrClN2O2/c16-12-6-7-13(11(8-18)14(12)17)19-15(20)21-9-10-4-2-1-3-5-10/h1-7H,9H2,(H,19,20). The summed E-state index contributed by atoms with van der Waals surface area (Å²) in [6.45, 7) is 0.152. The molecule has 0 heterocycles. The van der Waals surface area contributed by atoms with Gasteiger partial charge in [-0.25, -0.2) is 4.79 Å². The Labute approximate surface area is 135 Å². The summed E-state index contributed by atoms with van der Waals surface area (Å²) in [5, 5.41) is 11.9. The molecule has 0 unspecified atom stereocenters. The summed E-state index contributed by atoms with van der Waals surface area (Å²) < 4.78 is 5.67. The third-order valence-corrected chi connectivity index (χ3v) is 3.94. The van der Waals surface area contributed by atoms with E-state index in [-0.39, 0.29) is 17.2 Å². The van der Waals surface area contributed by atoms with Gasteiger partial charge in [0.15, 0.2) is 0 Å². The molecule has 1 N–H and O–H groups in total. The highest BCUT2D eigenvalue weighted by Crippen LogP contribution is 2.31. The van der Waals surface area contributed by atoms with E-state index >= 15 is 0 Å². The van der Waals surface area contributed by atoms with E-state index in [2.05, 4.69) is 21.2 Å². The molecule has 0 saturated heterocycles. The van der Waals surface area contributed by atoms with Gasteiger partial charge in [-0.05, 0) is 33.6 Å². The predicted octanol–water partition coefficient (Wildman–Crippen LogP) is 4.72. The quantitative estimate of drug-likeness (QED) is 0.856. The molecule has 21 heavy (non-hydrogen) atoms. The van der Waals surface area contributed by atoms with Crippen LogP contribution in [0, 0.1) is 11.3 Å². The Bertz CT molecular complexity index is 699. The van der Waals surface area contributed by atoms with Gasteiger partial charge in [0.05, 0.1) is 16.3 Å². The number of nitrogens with zero attached hydrogens (tertiary/aromatic N) is 1.